The Bertz CT molecular complexity index is 604. The van der Waals surface area contributed by atoms with Crippen molar-refractivity contribution in [3.05, 3.63) is 35.5 Å². The predicted octanol–water partition coefficient (Wildman–Crippen LogP) is 3.60. The van der Waals surface area contributed by atoms with E-state index in [4.69, 9.17) is 0 Å². The standard InChI is InChI=1S/C17H26N4.HI/c1-4-5-10-19-17(18-3)20-11-9-14-12-21-16-13(2)7-6-8-15(14)16;/h6-8,12,21H,4-5,9-11H2,1-3H3,(H2,18,19,20);1H. The van der Waals surface area contributed by atoms with Crippen molar-refractivity contribution in [1.29, 1.82) is 0 Å². The van der Waals surface area contributed by atoms with Crippen molar-refractivity contribution in [3.63, 3.8) is 0 Å². The van der Waals surface area contributed by atoms with E-state index in [1.165, 1.54) is 34.9 Å². The quantitative estimate of drug-likeness (QED) is 0.293. The molecule has 122 valence electrons. The van der Waals surface area contributed by atoms with E-state index in [2.05, 4.69) is 58.9 Å². The Balaban J connectivity index is 0.00000242. The Morgan fingerprint density at radius 3 is 2.73 bits per heavy atom. The van der Waals surface area contributed by atoms with Gasteiger partial charge in [0.2, 0.25) is 0 Å². The zero-order valence-electron chi connectivity index (χ0n) is 13.7. The molecule has 5 heteroatoms. The van der Waals surface area contributed by atoms with Crippen LogP contribution in [0, 0.1) is 6.92 Å². The Kier molecular flexibility index (Phi) is 8.30. The van der Waals surface area contributed by atoms with E-state index in [-0.39, 0.29) is 24.0 Å². The van der Waals surface area contributed by atoms with Gasteiger partial charge in [0.1, 0.15) is 0 Å². The molecular formula is C17H27IN4. The zero-order chi connectivity index (χ0) is 15.1. The minimum absolute atomic E-state index is 0. The fourth-order valence-electron chi connectivity index (χ4n) is 2.49. The molecule has 2 aromatic rings. The molecule has 0 aliphatic rings. The number of fused-ring (bicyclic) bond motifs is 1. The number of guanidine groups is 1. The van der Waals surface area contributed by atoms with Crippen LogP contribution in [0.4, 0.5) is 0 Å². The number of nitrogens with zero attached hydrogens (tertiary/aromatic N) is 1. The average Bonchev–Trinajstić information content (AvgIpc) is 2.90. The first-order chi connectivity index (χ1) is 10.3. The summed E-state index contributed by atoms with van der Waals surface area (Å²) < 4.78 is 0. The Morgan fingerprint density at radius 2 is 2.00 bits per heavy atom. The van der Waals surface area contributed by atoms with E-state index < -0.39 is 0 Å². The van der Waals surface area contributed by atoms with Gasteiger partial charge in [-0.15, -0.1) is 24.0 Å². The SMILES string of the molecule is CCCCNC(=NC)NCCc1c[nH]c2c(C)cccc12.I. The van der Waals surface area contributed by atoms with Crippen molar-refractivity contribution in [2.75, 3.05) is 20.1 Å². The monoisotopic (exact) mass is 414 g/mol. The van der Waals surface area contributed by atoms with E-state index in [0.717, 1.165) is 25.5 Å². The Labute approximate surface area is 150 Å². The minimum Gasteiger partial charge on any atom is -0.361 e. The van der Waals surface area contributed by atoms with Crippen LogP contribution >= 0.6 is 24.0 Å². The summed E-state index contributed by atoms with van der Waals surface area (Å²) in [4.78, 5) is 7.62. The molecule has 4 nitrogen and oxygen atoms in total. The number of aliphatic imine (C=N–C) groups is 1. The maximum atomic E-state index is 4.24. The highest BCUT2D eigenvalue weighted by atomic mass is 127. The van der Waals surface area contributed by atoms with Crippen molar-refractivity contribution in [3.8, 4) is 0 Å². The fourth-order valence-corrected chi connectivity index (χ4v) is 2.49. The molecule has 0 atom stereocenters. The third-order valence-corrected chi connectivity index (χ3v) is 3.74. The van der Waals surface area contributed by atoms with Gasteiger partial charge in [0.15, 0.2) is 5.96 Å². The highest BCUT2D eigenvalue weighted by molar-refractivity contribution is 14.0. The van der Waals surface area contributed by atoms with E-state index >= 15 is 0 Å². The number of aryl methyl sites for hydroxylation is 1. The molecule has 0 saturated carbocycles. The third-order valence-electron chi connectivity index (χ3n) is 3.74. The van der Waals surface area contributed by atoms with Crippen LogP contribution < -0.4 is 10.6 Å². The van der Waals surface area contributed by atoms with Gasteiger partial charge in [-0.1, -0.05) is 31.5 Å². The Hall–Kier alpha value is -1.24. The molecular weight excluding hydrogens is 387 g/mol. The van der Waals surface area contributed by atoms with E-state index in [9.17, 15) is 0 Å². The van der Waals surface area contributed by atoms with Crippen LogP contribution in [-0.2, 0) is 6.42 Å². The van der Waals surface area contributed by atoms with Crippen LogP contribution in [0.15, 0.2) is 29.4 Å². The molecule has 0 spiro atoms. The first-order valence-electron chi connectivity index (χ1n) is 7.76. The van der Waals surface area contributed by atoms with Crippen molar-refractivity contribution in [2.24, 2.45) is 4.99 Å². The third kappa shape index (κ3) is 4.90. The number of nitrogens with one attached hydrogen (secondary N) is 3. The molecule has 1 heterocycles. The van der Waals surface area contributed by atoms with Gasteiger partial charge in [0, 0.05) is 37.2 Å². The van der Waals surface area contributed by atoms with E-state index in [1.807, 2.05) is 7.05 Å². The summed E-state index contributed by atoms with van der Waals surface area (Å²) in [6.45, 7) is 6.19. The molecule has 1 aromatic carbocycles. The molecule has 0 saturated heterocycles. The number of benzene rings is 1. The first kappa shape index (κ1) is 18.8. The van der Waals surface area contributed by atoms with Crippen LogP contribution in [0.1, 0.15) is 30.9 Å². The number of hydrogen-bond acceptors (Lipinski definition) is 1. The minimum atomic E-state index is 0. The summed E-state index contributed by atoms with van der Waals surface area (Å²) in [6, 6.07) is 6.44. The summed E-state index contributed by atoms with van der Waals surface area (Å²) in [5.74, 6) is 0.888. The van der Waals surface area contributed by atoms with Gasteiger partial charge < -0.3 is 15.6 Å². The van der Waals surface area contributed by atoms with Gasteiger partial charge in [-0.3, -0.25) is 4.99 Å². The highest BCUT2D eigenvalue weighted by Gasteiger charge is 2.05. The fraction of sp³-hybridized carbons (Fsp3) is 0.471. The lowest BCUT2D eigenvalue weighted by Crippen LogP contribution is -2.38. The molecule has 3 N–H and O–H groups in total. The molecule has 0 radical (unpaired) electrons. The lowest BCUT2D eigenvalue weighted by atomic mass is 10.1. The maximum absolute atomic E-state index is 4.24. The molecule has 0 bridgehead atoms. The molecule has 0 unspecified atom stereocenters. The average molecular weight is 414 g/mol. The van der Waals surface area contributed by atoms with Crippen molar-refractivity contribution >= 4 is 40.8 Å². The molecule has 0 aliphatic heterocycles. The van der Waals surface area contributed by atoms with E-state index in [1.54, 1.807) is 0 Å². The molecule has 1 aromatic heterocycles. The predicted molar refractivity (Wildman–Crippen MR) is 106 cm³/mol. The van der Waals surface area contributed by atoms with Crippen LogP contribution in [0.2, 0.25) is 0 Å². The second-order valence-electron chi connectivity index (χ2n) is 5.34. The zero-order valence-corrected chi connectivity index (χ0v) is 16.0. The number of hydrogen-bond donors (Lipinski definition) is 3. The normalized spacial score (nSPS) is 11.3. The van der Waals surface area contributed by atoms with Gasteiger partial charge in [0.25, 0.3) is 0 Å². The van der Waals surface area contributed by atoms with E-state index in [0.29, 0.717) is 0 Å². The second-order valence-corrected chi connectivity index (χ2v) is 5.34. The Morgan fingerprint density at radius 1 is 1.23 bits per heavy atom. The largest absolute Gasteiger partial charge is 0.361 e. The molecule has 0 amide bonds. The molecule has 2 rings (SSSR count). The molecule has 0 fully saturated rings. The summed E-state index contributed by atoms with van der Waals surface area (Å²) in [5, 5.41) is 8.02. The van der Waals surface area contributed by atoms with Crippen molar-refractivity contribution in [2.45, 2.75) is 33.1 Å². The van der Waals surface area contributed by atoms with Crippen LogP contribution in [0.3, 0.4) is 0 Å². The number of para-hydroxylation sites is 1. The van der Waals surface area contributed by atoms with Gasteiger partial charge >= 0.3 is 0 Å². The lowest BCUT2D eigenvalue weighted by Gasteiger charge is -2.11. The molecule has 22 heavy (non-hydrogen) atoms. The van der Waals surface area contributed by atoms with Gasteiger partial charge in [0.05, 0.1) is 0 Å². The highest BCUT2D eigenvalue weighted by Crippen LogP contribution is 2.21. The number of halogens is 1. The van der Waals surface area contributed by atoms with Crippen LogP contribution in [0.5, 0.6) is 0 Å². The number of aromatic nitrogens is 1. The number of aromatic amines is 1. The van der Waals surface area contributed by atoms with Gasteiger partial charge in [-0.25, -0.2) is 0 Å². The number of H-pyrrole nitrogens is 1. The van der Waals surface area contributed by atoms with Crippen LogP contribution in [0.25, 0.3) is 10.9 Å². The van der Waals surface area contributed by atoms with Crippen molar-refractivity contribution < 1.29 is 0 Å². The second kappa shape index (κ2) is 9.71. The summed E-state index contributed by atoms with van der Waals surface area (Å²) in [7, 11) is 1.82. The first-order valence-corrected chi connectivity index (χ1v) is 7.76. The summed E-state index contributed by atoms with van der Waals surface area (Å²) in [6.07, 6.45) is 5.46. The van der Waals surface area contributed by atoms with Gasteiger partial charge in [-0.05, 0) is 30.9 Å². The smallest absolute Gasteiger partial charge is 0.190 e. The summed E-state index contributed by atoms with van der Waals surface area (Å²) in [5.41, 5.74) is 3.90. The van der Waals surface area contributed by atoms with Crippen molar-refractivity contribution in [1.82, 2.24) is 15.6 Å². The molecule has 0 aliphatic carbocycles. The maximum Gasteiger partial charge on any atom is 0.190 e. The number of unbranched alkanes of at least 4 members (excludes halogenated alkanes) is 1. The van der Waals surface area contributed by atoms with Gasteiger partial charge in [-0.2, -0.15) is 0 Å². The summed E-state index contributed by atoms with van der Waals surface area (Å²) >= 11 is 0. The number of rotatable bonds is 6. The van der Waals surface area contributed by atoms with Crippen LogP contribution in [-0.4, -0.2) is 31.1 Å². The topological polar surface area (TPSA) is 52.2 Å². The lowest BCUT2D eigenvalue weighted by molar-refractivity contribution is 0.727.